The van der Waals surface area contributed by atoms with Crippen molar-refractivity contribution < 1.29 is 13.9 Å². The third-order valence-corrected chi connectivity index (χ3v) is 7.22. The molecule has 0 bridgehead atoms. The quantitative estimate of drug-likeness (QED) is 0.693. The van der Waals surface area contributed by atoms with Crippen LogP contribution in [0.3, 0.4) is 0 Å². The summed E-state index contributed by atoms with van der Waals surface area (Å²) in [6, 6.07) is 8.28. The van der Waals surface area contributed by atoms with Crippen molar-refractivity contribution in [2.75, 3.05) is 26.7 Å². The van der Waals surface area contributed by atoms with E-state index < -0.39 is 0 Å². The minimum atomic E-state index is -0.128. The van der Waals surface area contributed by atoms with Gasteiger partial charge in [0.1, 0.15) is 5.82 Å². The number of ether oxygens (including phenoxy) is 1. The van der Waals surface area contributed by atoms with Gasteiger partial charge in [-0.25, -0.2) is 4.39 Å². The lowest BCUT2D eigenvalue weighted by Gasteiger charge is -2.57. The summed E-state index contributed by atoms with van der Waals surface area (Å²) < 4.78 is 19.2. The Morgan fingerprint density at radius 3 is 2.79 bits per heavy atom. The van der Waals surface area contributed by atoms with Gasteiger partial charge in [0.15, 0.2) is 0 Å². The zero-order valence-corrected chi connectivity index (χ0v) is 17.0. The van der Waals surface area contributed by atoms with E-state index in [1.54, 1.807) is 12.1 Å². The second-order valence-electron chi connectivity index (χ2n) is 8.79. The van der Waals surface area contributed by atoms with Crippen molar-refractivity contribution >= 4 is 5.97 Å². The summed E-state index contributed by atoms with van der Waals surface area (Å²) in [5.74, 6) is 1.10. The maximum Gasteiger partial charge on any atom is 0.305 e. The fourth-order valence-corrected chi connectivity index (χ4v) is 6.06. The third kappa shape index (κ3) is 4.11. The number of carbonyl (C=O) groups is 1. The molecular formula is C23H33FN2O2. The highest BCUT2D eigenvalue weighted by Crippen LogP contribution is 2.43. The number of carbonyl (C=O) groups excluding carboxylic acids is 1. The van der Waals surface area contributed by atoms with Crippen molar-refractivity contribution in [1.29, 1.82) is 0 Å². The molecular weight excluding hydrogens is 355 g/mol. The van der Waals surface area contributed by atoms with E-state index in [1.165, 1.54) is 45.9 Å². The van der Waals surface area contributed by atoms with Gasteiger partial charge in [-0.15, -0.1) is 0 Å². The van der Waals surface area contributed by atoms with E-state index >= 15 is 0 Å². The first-order valence-electron chi connectivity index (χ1n) is 11.0. The minimum Gasteiger partial charge on any atom is -0.469 e. The fraction of sp³-hybridized carbons (Fsp3) is 0.696. The average molecular weight is 389 g/mol. The predicted octanol–water partition coefficient (Wildman–Crippen LogP) is 3.84. The fourth-order valence-electron chi connectivity index (χ4n) is 6.06. The molecule has 0 saturated carbocycles. The van der Waals surface area contributed by atoms with E-state index in [2.05, 4.69) is 9.80 Å². The number of likely N-dealkylation sites (tertiary alicyclic amines) is 1. The normalized spacial score (nSPS) is 30.6. The number of halogens is 1. The molecule has 3 heterocycles. The van der Waals surface area contributed by atoms with Crippen LogP contribution >= 0.6 is 0 Å². The van der Waals surface area contributed by atoms with Crippen LogP contribution in [0.2, 0.25) is 0 Å². The summed E-state index contributed by atoms with van der Waals surface area (Å²) in [4.78, 5) is 16.9. The van der Waals surface area contributed by atoms with Crippen LogP contribution in [0.5, 0.6) is 0 Å². The van der Waals surface area contributed by atoms with Gasteiger partial charge in [-0.2, -0.15) is 0 Å². The van der Waals surface area contributed by atoms with Crippen LogP contribution in [0, 0.1) is 17.7 Å². The zero-order chi connectivity index (χ0) is 19.5. The molecule has 28 heavy (non-hydrogen) atoms. The van der Waals surface area contributed by atoms with Crippen LogP contribution in [0.4, 0.5) is 4.39 Å². The largest absolute Gasteiger partial charge is 0.469 e. The van der Waals surface area contributed by atoms with Gasteiger partial charge in [0.25, 0.3) is 0 Å². The number of rotatable bonds is 6. The van der Waals surface area contributed by atoms with Gasteiger partial charge >= 0.3 is 5.97 Å². The number of nitrogens with zero attached hydrogens (tertiary/aromatic N) is 2. The molecule has 3 saturated heterocycles. The van der Waals surface area contributed by atoms with Gasteiger partial charge in [-0.1, -0.05) is 18.2 Å². The molecule has 0 radical (unpaired) electrons. The van der Waals surface area contributed by atoms with E-state index in [0.717, 1.165) is 24.9 Å². The van der Waals surface area contributed by atoms with E-state index in [0.29, 0.717) is 36.9 Å². The summed E-state index contributed by atoms with van der Waals surface area (Å²) in [5.41, 5.74) is 0.794. The van der Waals surface area contributed by atoms with Crippen LogP contribution in [0.15, 0.2) is 24.3 Å². The van der Waals surface area contributed by atoms with Crippen LogP contribution in [-0.2, 0) is 16.1 Å². The summed E-state index contributed by atoms with van der Waals surface area (Å²) in [6.45, 7) is 4.20. The molecule has 3 aliphatic heterocycles. The Kier molecular flexibility index (Phi) is 6.32. The number of benzene rings is 1. The van der Waals surface area contributed by atoms with Crippen LogP contribution < -0.4 is 0 Å². The summed E-state index contributed by atoms with van der Waals surface area (Å²) in [5, 5.41) is 0. The molecule has 0 aliphatic carbocycles. The first kappa shape index (κ1) is 19.8. The van der Waals surface area contributed by atoms with Gasteiger partial charge in [-0.05, 0) is 69.5 Å². The molecule has 4 nitrogen and oxygen atoms in total. The average Bonchev–Trinajstić information content (AvgIpc) is 2.72. The van der Waals surface area contributed by atoms with E-state index in [4.69, 9.17) is 4.74 Å². The lowest BCUT2D eigenvalue weighted by Crippen LogP contribution is -2.64. The van der Waals surface area contributed by atoms with E-state index in [1.807, 2.05) is 12.1 Å². The molecule has 0 aromatic heterocycles. The molecule has 154 valence electrons. The molecule has 0 N–H and O–H groups in total. The molecule has 1 aromatic rings. The van der Waals surface area contributed by atoms with Gasteiger partial charge in [-0.3, -0.25) is 14.6 Å². The highest BCUT2D eigenvalue weighted by Gasteiger charge is 2.48. The van der Waals surface area contributed by atoms with Crippen LogP contribution in [0.25, 0.3) is 0 Å². The lowest BCUT2D eigenvalue weighted by molar-refractivity contribution is -0.141. The highest BCUT2D eigenvalue weighted by atomic mass is 19.1. The third-order valence-electron chi connectivity index (χ3n) is 7.22. The minimum absolute atomic E-state index is 0.105. The Hall–Kier alpha value is -1.46. The van der Waals surface area contributed by atoms with Gasteiger partial charge < -0.3 is 4.74 Å². The Balaban J connectivity index is 1.54. The molecule has 0 amide bonds. The molecule has 3 fully saturated rings. The standard InChI is InChI=1S/C23H33FN2O2/c1-28-22(27)12-4-11-21-19-9-6-14-25-13-5-8-18(23(19)25)16-26(21)15-17-7-2-3-10-20(17)24/h2-3,7,10,18-19,21,23H,4-6,8-9,11-16H2,1H3/t18-,19-,21-,23+/m1/s1. The second-order valence-corrected chi connectivity index (χ2v) is 8.79. The number of methoxy groups -OCH3 is 1. The topological polar surface area (TPSA) is 32.8 Å². The maximum absolute atomic E-state index is 14.4. The van der Waals surface area contributed by atoms with Gasteiger partial charge in [0.05, 0.1) is 7.11 Å². The predicted molar refractivity (Wildman–Crippen MR) is 107 cm³/mol. The molecule has 0 unspecified atom stereocenters. The molecule has 1 aromatic carbocycles. The lowest BCUT2D eigenvalue weighted by atomic mass is 9.69. The van der Waals surface area contributed by atoms with Crippen molar-refractivity contribution in [2.24, 2.45) is 11.8 Å². The molecule has 3 aliphatic rings. The Bertz CT molecular complexity index is 680. The second kappa shape index (κ2) is 8.91. The first-order chi connectivity index (χ1) is 13.7. The Morgan fingerprint density at radius 2 is 2.00 bits per heavy atom. The van der Waals surface area contributed by atoms with Crippen LogP contribution in [0.1, 0.15) is 50.5 Å². The molecule has 4 atom stereocenters. The van der Waals surface area contributed by atoms with Crippen LogP contribution in [-0.4, -0.2) is 54.6 Å². The highest BCUT2D eigenvalue weighted by molar-refractivity contribution is 5.68. The van der Waals surface area contributed by atoms with Gasteiger partial charge in [0, 0.05) is 37.2 Å². The van der Waals surface area contributed by atoms with Crippen molar-refractivity contribution in [3.8, 4) is 0 Å². The first-order valence-corrected chi connectivity index (χ1v) is 11.0. The van der Waals surface area contributed by atoms with Crippen molar-refractivity contribution in [3.63, 3.8) is 0 Å². The number of piperidine rings is 3. The SMILES string of the molecule is COC(=O)CCC[C@@H]1[C@H]2CCCN3CCC[C@H](CN1Cc1ccccc1F)[C@@H]23. The number of esters is 1. The summed E-state index contributed by atoms with van der Waals surface area (Å²) >= 11 is 0. The molecule has 5 heteroatoms. The number of hydrogen-bond acceptors (Lipinski definition) is 4. The van der Waals surface area contributed by atoms with Gasteiger partial charge in [0.2, 0.25) is 0 Å². The monoisotopic (exact) mass is 388 g/mol. The number of hydrogen-bond donors (Lipinski definition) is 0. The summed E-state index contributed by atoms with van der Waals surface area (Å²) in [6.07, 6.45) is 7.41. The van der Waals surface area contributed by atoms with Crippen molar-refractivity contribution in [3.05, 3.63) is 35.6 Å². The van der Waals surface area contributed by atoms with Crippen molar-refractivity contribution in [2.45, 2.75) is 63.6 Å². The summed E-state index contributed by atoms with van der Waals surface area (Å²) in [7, 11) is 1.46. The Labute approximate surface area is 168 Å². The molecule has 4 rings (SSSR count). The smallest absolute Gasteiger partial charge is 0.305 e. The molecule has 0 spiro atoms. The van der Waals surface area contributed by atoms with E-state index in [-0.39, 0.29) is 11.8 Å². The van der Waals surface area contributed by atoms with Crippen molar-refractivity contribution in [1.82, 2.24) is 9.80 Å². The maximum atomic E-state index is 14.4. The Morgan fingerprint density at radius 1 is 1.21 bits per heavy atom. The van der Waals surface area contributed by atoms with E-state index in [9.17, 15) is 9.18 Å². The zero-order valence-electron chi connectivity index (χ0n) is 17.0.